The smallest absolute Gasteiger partial charge is 0.120 e. The monoisotopic (exact) mass is 354 g/mol. The van der Waals surface area contributed by atoms with Crippen molar-refractivity contribution < 1.29 is 4.74 Å². The summed E-state index contributed by atoms with van der Waals surface area (Å²) in [4.78, 5) is 2.58. The lowest BCUT2D eigenvalue weighted by Gasteiger charge is -2.44. The largest absolute Gasteiger partial charge is 0.492 e. The number of halogens is 1. The molecule has 0 amide bonds. The minimum Gasteiger partial charge on any atom is -0.492 e. The summed E-state index contributed by atoms with van der Waals surface area (Å²) in [7, 11) is 0. The molecule has 0 bridgehead atoms. The van der Waals surface area contributed by atoms with E-state index in [9.17, 15) is 0 Å². The van der Waals surface area contributed by atoms with Gasteiger partial charge in [0.1, 0.15) is 12.4 Å². The number of nitrogens with one attached hydrogen (secondary N) is 1. The highest BCUT2D eigenvalue weighted by Crippen LogP contribution is 2.20. The summed E-state index contributed by atoms with van der Waals surface area (Å²) in [6.45, 7) is 10.7. The highest BCUT2D eigenvalue weighted by Gasteiger charge is 2.31. The second-order valence-corrected chi connectivity index (χ2v) is 7.40. The van der Waals surface area contributed by atoms with Crippen molar-refractivity contribution in [1.29, 1.82) is 0 Å². The third-order valence-electron chi connectivity index (χ3n) is 4.00. The SMILES string of the molecule is CCCC1CNC(C)(C)CN1CCOc1cccc(Br)c1. The number of nitrogens with zero attached hydrogens (tertiary/aromatic N) is 1. The number of hydrogen-bond donors (Lipinski definition) is 1. The van der Waals surface area contributed by atoms with Crippen molar-refractivity contribution in [2.45, 2.75) is 45.2 Å². The lowest BCUT2D eigenvalue weighted by molar-refractivity contribution is 0.0753. The highest BCUT2D eigenvalue weighted by molar-refractivity contribution is 9.10. The molecule has 21 heavy (non-hydrogen) atoms. The van der Waals surface area contributed by atoms with Gasteiger partial charge in [0.05, 0.1) is 0 Å². The highest BCUT2D eigenvalue weighted by atomic mass is 79.9. The first kappa shape index (κ1) is 16.8. The maximum Gasteiger partial charge on any atom is 0.120 e. The van der Waals surface area contributed by atoms with Crippen LogP contribution >= 0.6 is 15.9 Å². The molecule has 4 heteroatoms. The molecule has 0 radical (unpaired) electrons. The van der Waals surface area contributed by atoms with Gasteiger partial charge < -0.3 is 10.1 Å². The molecule has 1 N–H and O–H groups in total. The number of ether oxygens (including phenoxy) is 1. The molecule has 2 rings (SSSR count). The quantitative estimate of drug-likeness (QED) is 0.843. The normalized spacial score (nSPS) is 22.2. The van der Waals surface area contributed by atoms with Crippen LogP contribution in [0.15, 0.2) is 28.7 Å². The van der Waals surface area contributed by atoms with E-state index in [1.54, 1.807) is 0 Å². The third kappa shape index (κ3) is 5.28. The first-order chi connectivity index (χ1) is 10.00. The Morgan fingerprint density at radius 2 is 2.24 bits per heavy atom. The maximum atomic E-state index is 5.89. The fourth-order valence-electron chi connectivity index (χ4n) is 2.93. The molecular formula is C17H27BrN2O. The zero-order valence-corrected chi connectivity index (χ0v) is 14.9. The van der Waals surface area contributed by atoms with Crippen LogP contribution < -0.4 is 10.1 Å². The van der Waals surface area contributed by atoms with Gasteiger partial charge in [-0.25, -0.2) is 0 Å². The molecule has 1 aromatic rings. The van der Waals surface area contributed by atoms with Gasteiger partial charge in [0, 0.05) is 35.7 Å². The summed E-state index contributed by atoms with van der Waals surface area (Å²) in [6.07, 6.45) is 2.48. The van der Waals surface area contributed by atoms with Gasteiger partial charge in [-0.15, -0.1) is 0 Å². The standard InChI is InChI=1S/C17H27BrN2O/c1-4-6-15-12-19-17(2,3)13-20(15)9-10-21-16-8-5-7-14(18)11-16/h5,7-8,11,15,19H,4,6,9-10,12-13H2,1-3H3. The van der Waals surface area contributed by atoms with Gasteiger partial charge in [0.2, 0.25) is 0 Å². The van der Waals surface area contributed by atoms with Gasteiger partial charge in [-0.3, -0.25) is 4.90 Å². The average molecular weight is 355 g/mol. The molecule has 118 valence electrons. The van der Waals surface area contributed by atoms with Crippen LogP contribution in [-0.4, -0.2) is 42.7 Å². The number of rotatable bonds is 6. The lowest BCUT2D eigenvalue weighted by atomic mass is 9.97. The molecule has 0 aliphatic carbocycles. The van der Waals surface area contributed by atoms with Crippen molar-refractivity contribution in [3.8, 4) is 5.75 Å². The minimum atomic E-state index is 0.194. The van der Waals surface area contributed by atoms with Gasteiger partial charge in [-0.05, 0) is 38.5 Å². The molecule has 1 heterocycles. The zero-order chi connectivity index (χ0) is 15.3. The second kappa shape index (κ2) is 7.61. The Kier molecular flexibility index (Phi) is 6.08. The van der Waals surface area contributed by atoms with Gasteiger partial charge in [-0.1, -0.05) is 35.3 Å². The summed E-state index contributed by atoms with van der Waals surface area (Å²) in [5.41, 5.74) is 0.194. The van der Waals surface area contributed by atoms with Crippen molar-refractivity contribution in [3.05, 3.63) is 28.7 Å². The molecule has 0 aromatic heterocycles. The van der Waals surface area contributed by atoms with Gasteiger partial charge in [-0.2, -0.15) is 0 Å². The molecule has 1 aromatic carbocycles. The third-order valence-corrected chi connectivity index (χ3v) is 4.49. The average Bonchev–Trinajstić information content (AvgIpc) is 2.41. The zero-order valence-electron chi connectivity index (χ0n) is 13.4. The van der Waals surface area contributed by atoms with Crippen LogP contribution in [0.1, 0.15) is 33.6 Å². The van der Waals surface area contributed by atoms with Crippen molar-refractivity contribution in [3.63, 3.8) is 0 Å². The maximum absolute atomic E-state index is 5.89. The Hall–Kier alpha value is -0.580. The Morgan fingerprint density at radius 3 is 2.95 bits per heavy atom. The van der Waals surface area contributed by atoms with Gasteiger partial charge in [0.15, 0.2) is 0 Å². The van der Waals surface area contributed by atoms with E-state index in [-0.39, 0.29) is 5.54 Å². The van der Waals surface area contributed by atoms with Crippen LogP contribution in [0.3, 0.4) is 0 Å². The molecule has 1 unspecified atom stereocenters. The van der Waals surface area contributed by atoms with Crippen molar-refractivity contribution >= 4 is 15.9 Å². The fraction of sp³-hybridized carbons (Fsp3) is 0.647. The molecule has 1 fully saturated rings. The summed E-state index contributed by atoms with van der Waals surface area (Å²) in [5, 5.41) is 3.65. The van der Waals surface area contributed by atoms with Crippen molar-refractivity contribution in [2.24, 2.45) is 0 Å². The minimum absolute atomic E-state index is 0.194. The van der Waals surface area contributed by atoms with Gasteiger partial charge >= 0.3 is 0 Å². The fourth-order valence-corrected chi connectivity index (χ4v) is 3.31. The Bertz CT molecular complexity index is 450. The van der Waals surface area contributed by atoms with Crippen LogP contribution in [0.4, 0.5) is 0 Å². The molecule has 1 aliphatic rings. The van der Waals surface area contributed by atoms with Crippen LogP contribution in [-0.2, 0) is 0 Å². The predicted octanol–water partition coefficient (Wildman–Crippen LogP) is 3.68. The van der Waals surface area contributed by atoms with E-state index in [4.69, 9.17) is 4.74 Å². The lowest BCUT2D eigenvalue weighted by Crippen LogP contribution is -2.62. The molecular weight excluding hydrogens is 328 g/mol. The summed E-state index contributed by atoms with van der Waals surface area (Å²) in [6, 6.07) is 8.69. The Morgan fingerprint density at radius 1 is 1.43 bits per heavy atom. The first-order valence-corrected chi connectivity index (χ1v) is 8.67. The molecule has 1 atom stereocenters. The molecule has 1 saturated heterocycles. The van der Waals surface area contributed by atoms with Crippen LogP contribution in [0.5, 0.6) is 5.75 Å². The summed E-state index contributed by atoms with van der Waals surface area (Å²) >= 11 is 3.48. The van der Waals surface area contributed by atoms with Gasteiger partial charge in [0.25, 0.3) is 0 Å². The van der Waals surface area contributed by atoms with Crippen LogP contribution in [0.25, 0.3) is 0 Å². The Balaban J connectivity index is 1.86. The molecule has 0 spiro atoms. The van der Waals surface area contributed by atoms with Crippen LogP contribution in [0, 0.1) is 0 Å². The topological polar surface area (TPSA) is 24.5 Å². The van der Waals surface area contributed by atoms with Crippen molar-refractivity contribution in [1.82, 2.24) is 10.2 Å². The number of benzene rings is 1. The van der Waals surface area contributed by atoms with Crippen LogP contribution in [0.2, 0.25) is 0 Å². The number of piperazine rings is 1. The second-order valence-electron chi connectivity index (χ2n) is 6.48. The van der Waals surface area contributed by atoms with E-state index < -0.39 is 0 Å². The van der Waals surface area contributed by atoms with E-state index in [1.807, 2.05) is 24.3 Å². The van der Waals surface area contributed by atoms with E-state index in [1.165, 1.54) is 12.8 Å². The van der Waals surface area contributed by atoms with E-state index in [0.29, 0.717) is 6.04 Å². The molecule has 3 nitrogen and oxygen atoms in total. The van der Waals surface area contributed by atoms with E-state index in [0.717, 1.165) is 36.5 Å². The molecule has 1 aliphatic heterocycles. The first-order valence-electron chi connectivity index (χ1n) is 7.87. The molecule has 0 saturated carbocycles. The summed E-state index contributed by atoms with van der Waals surface area (Å²) < 4.78 is 6.95. The predicted molar refractivity (Wildman–Crippen MR) is 92.0 cm³/mol. The van der Waals surface area contributed by atoms with E-state index >= 15 is 0 Å². The Labute approximate surface area is 137 Å². The van der Waals surface area contributed by atoms with E-state index in [2.05, 4.69) is 46.9 Å². The van der Waals surface area contributed by atoms with Crippen molar-refractivity contribution in [2.75, 3.05) is 26.2 Å². The summed E-state index contributed by atoms with van der Waals surface area (Å²) in [5.74, 6) is 0.936. The number of hydrogen-bond acceptors (Lipinski definition) is 3.